The number of halogens is 3. The first-order valence-electron chi connectivity index (χ1n) is 50.1. The van der Waals surface area contributed by atoms with Crippen LogP contribution in [0.4, 0.5) is 13.2 Å². The molecular weight excluding hydrogens is 1780 g/mol. The minimum atomic E-state index is -2.71. The highest BCUT2D eigenvalue weighted by molar-refractivity contribution is 6.87. The molecular formula is C96H191F3O18Si10. The second-order valence-electron chi connectivity index (χ2n) is 46.4. The molecule has 0 amide bonds. The van der Waals surface area contributed by atoms with Gasteiger partial charge in [0.25, 0.3) is 0 Å². The highest BCUT2D eigenvalue weighted by atomic mass is 28.5. The summed E-state index contributed by atoms with van der Waals surface area (Å²) in [6.45, 7) is 106. The lowest BCUT2D eigenvalue weighted by atomic mass is 10.0. The van der Waals surface area contributed by atoms with Gasteiger partial charge in [-0.1, -0.05) is 342 Å². The molecule has 1 N–H and O–H groups in total. The summed E-state index contributed by atoms with van der Waals surface area (Å²) in [6, 6.07) is 0. The van der Waals surface area contributed by atoms with Crippen molar-refractivity contribution in [1.82, 2.24) is 0 Å². The van der Waals surface area contributed by atoms with Crippen LogP contribution in [0.1, 0.15) is 305 Å². The van der Waals surface area contributed by atoms with E-state index in [0.717, 1.165) is 17.8 Å². The van der Waals surface area contributed by atoms with Crippen molar-refractivity contribution in [3.05, 3.63) is 36.5 Å². The number of hydrogen-bond donors (Lipinski definition) is 1. The molecule has 0 aromatic heterocycles. The van der Waals surface area contributed by atoms with Crippen LogP contribution in [0.5, 0.6) is 0 Å². The summed E-state index contributed by atoms with van der Waals surface area (Å²) in [4.78, 5) is 0. The van der Waals surface area contributed by atoms with Crippen LogP contribution in [0.2, 0.25) is 111 Å². The van der Waals surface area contributed by atoms with Crippen LogP contribution in [-0.2, 0) is 74.3 Å². The summed E-state index contributed by atoms with van der Waals surface area (Å²) in [7, 11) is -25.5. The first-order chi connectivity index (χ1) is 58.0. The van der Waals surface area contributed by atoms with Crippen molar-refractivity contribution >= 4 is 85.6 Å². The van der Waals surface area contributed by atoms with Gasteiger partial charge in [-0.25, -0.2) is 13.2 Å². The van der Waals surface area contributed by atoms with E-state index in [1.165, 1.54) is 0 Å². The normalized spacial score (nSPS) is 35.8. The Morgan fingerprint density at radius 3 is 0.764 bits per heavy atom. The number of alkyl halides is 3. The van der Waals surface area contributed by atoms with E-state index in [9.17, 15) is 9.50 Å². The van der Waals surface area contributed by atoms with Crippen molar-refractivity contribution in [2.45, 2.75) is 496 Å². The molecule has 4 saturated carbocycles. The second-order valence-corrected chi connectivity index (χ2v) is 90.6. The largest absolute Gasteiger partial charge is 0.414 e. The molecule has 12 rings (SSSR count). The molecule has 7 saturated heterocycles. The zero-order chi connectivity index (χ0) is 95.8. The molecule has 744 valence electrons. The Morgan fingerprint density at radius 1 is 0.268 bits per heavy atom. The molecule has 0 radical (unpaired) electrons. The number of rotatable bonds is 20. The summed E-state index contributed by atoms with van der Waals surface area (Å²) in [5.41, 5.74) is 8.08. The SMILES string of the molecule is C.C=C1[C@@H](C)[C@H](F)C2O[Si](C(C)C)(C(C)C)O[Si](C(C)C)(C(C)C)OC[C@@H]12.C=C1[C@@H]2CO[Si](C(C)C)(C(C)C)O[Si](C(C)C)(C(C)C)OC2[C@@H](F)[C@H]1C.CC(C)[Si]1(C(C)C)OC[C@@H]2C(O[Si](C(C)C)(C(C)C)O1)[C@@H](F)[C@@H]1O[C@@H]12.CC(C)[Si]1(C(C)C)OC[C@H]2C=C[C@@H](O)C2O[Si](C(C)C)(C(C)C)O1.CC1C2O[Si](C(C)C)(C(C)C)O[Si](C(C)C)(C(C)C)OC[C@H]2[C@H]2O[C@@H]12. The number of aliphatic hydroxyl groups is 1. The van der Waals surface area contributed by atoms with Crippen LogP contribution in [0.15, 0.2) is 36.5 Å². The van der Waals surface area contributed by atoms with Crippen LogP contribution >= 0.6 is 0 Å². The van der Waals surface area contributed by atoms with Gasteiger partial charge in [0, 0.05) is 80.4 Å². The van der Waals surface area contributed by atoms with E-state index in [0.29, 0.717) is 128 Å². The molecule has 0 bridgehead atoms. The smallest absolute Gasteiger partial charge is 0.335 e. The fraction of sp³-hybridized carbons (Fsp3) is 0.938. The minimum absolute atomic E-state index is 0. The standard InChI is InChI=1S/2C20H39FO3Si2.C19H38O4Si2.C18H35FO4Si2.C18H36O4Si2.CH4/c2*1-12(2)25(13(3)4)22-11-18-16(9)17(10)19(21)20(18)23-26(24-25,14(5)6)15(7)8;1-11(2)24(12(3)4)20-10-16-17(15(9)18-19(16)21-18)22-25(23-24,13(5)6)14(7)8;1-10(2)24(11(3)4)20-9-14-16(15(19)18-17(14)21-18)22-25(23-24,12(5)6)13(7)8;1-12(2)23(13(3)4)20-11-16-9-10-17(19)18(16)21-24(22-23,14(5)6)15(7)8;/h2*12-15,17-20H,9,11H2,1-8,10H3;11-19H,10H2,1-9H3;10-18H,9H2,1-8H3;9-10,12-19H,11H2,1-8H3;1H4/t17-,18+,19+,20?;17-,18-,19-,20?;15?,16-,17?,18+,19-;14-,15-,16?,17-,18+;16-,17-,18?;/m10111./s1. The summed E-state index contributed by atoms with van der Waals surface area (Å²) >= 11 is 0. The van der Waals surface area contributed by atoms with Gasteiger partial charge >= 0.3 is 85.6 Å². The van der Waals surface area contributed by atoms with E-state index in [1.807, 2.05) is 19.9 Å². The molecule has 7 aliphatic heterocycles. The van der Waals surface area contributed by atoms with Crippen molar-refractivity contribution in [2.24, 2.45) is 47.3 Å². The monoisotopic (exact) mass is 1970 g/mol. The molecule has 12 aliphatic rings. The van der Waals surface area contributed by atoms with Crippen molar-refractivity contribution in [3.8, 4) is 0 Å². The van der Waals surface area contributed by atoms with Gasteiger partial charge < -0.3 is 79.4 Å². The van der Waals surface area contributed by atoms with E-state index < -0.39 is 129 Å². The molecule has 31 heteroatoms. The van der Waals surface area contributed by atoms with Gasteiger partial charge in [-0.05, 0) is 111 Å². The lowest BCUT2D eigenvalue weighted by molar-refractivity contribution is -0.0307. The third-order valence-corrected chi connectivity index (χ3v) is 83.3. The van der Waals surface area contributed by atoms with Crippen LogP contribution in [0.25, 0.3) is 0 Å². The third-order valence-electron chi connectivity index (χ3n) is 32.1. The Morgan fingerprint density at radius 2 is 0.488 bits per heavy atom. The maximum atomic E-state index is 15.1. The predicted octanol–water partition coefficient (Wildman–Crippen LogP) is 27.0. The Hall–Kier alpha value is 0.459. The fourth-order valence-electron chi connectivity index (χ4n) is 23.7. The number of epoxide rings is 2. The summed E-state index contributed by atoms with van der Waals surface area (Å²) in [5.74, 6) is 0.417. The molecule has 0 aromatic rings. The minimum Gasteiger partial charge on any atom is -0.414 e. The number of ether oxygens (including phenoxy) is 2. The van der Waals surface area contributed by atoms with Crippen molar-refractivity contribution in [2.75, 3.05) is 33.0 Å². The van der Waals surface area contributed by atoms with E-state index in [-0.39, 0.29) is 101 Å². The fourth-order valence-corrected chi connectivity index (χ4v) is 80.1. The lowest BCUT2D eigenvalue weighted by Gasteiger charge is -2.52. The molecule has 18 nitrogen and oxygen atoms in total. The van der Waals surface area contributed by atoms with E-state index in [4.69, 9.17) is 74.3 Å². The molecule has 21 atom stereocenters. The molecule has 11 fully saturated rings. The number of aliphatic hydroxyl groups excluding tert-OH is 1. The zero-order valence-corrected chi connectivity index (χ0v) is 97.3. The molecule has 7 heterocycles. The summed E-state index contributed by atoms with van der Waals surface area (Å²) in [6.07, 6.45) is -0.770. The lowest BCUT2D eigenvalue weighted by Crippen LogP contribution is -2.65. The van der Waals surface area contributed by atoms with Crippen LogP contribution < -0.4 is 0 Å². The third kappa shape index (κ3) is 21.4. The summed E-state index contributed by atoms with van der Waals surface area (Å²) < 4.78 is 160. The van der Waals surface area contributed by atoms with Gasteiger partial charge in [0.1, 0.15) is 18.4 Å². The summed E-state index contributed by atoms with van der Waals surface area (Å²) in [5, 5.41) is 10.4. The average Bonchev–Trinajstić information content (AvgIpc) is 1.56. The van der Waals surface area contributed by atoms with Gasteiger partial charge in [0.05, 0.1) is 54.9 Å². The molecule has 0 spiro atoms. The highest BCUT2D eigenvalue weighted by Gasteiger charge is 2.72. The Bertz CT molecular complexity index is 3270. The van der Waals surface area contributed by atoms with Gasteiger partial charge in [0.2, 0.25) is 0 Å². The van der Waals surface area contributed by atoms with Gasteiger partial charge in [-0.3, -0.25) is 0 Å². The van der Waals surface area contributed by atoms with Gasteiger partial charge in [-0.2, -0.15) is 0 Å². The van der Waals surface area contributed by atoms with E-state index in [2.05, 4.69) is 303 Å². The van der Waals surface area contributed by atoms with E-state index >= 15 is 8.78 Å². The average molecular weight is 1970 g/mol. The topological polar surface area (TPSA) is 184 Å². The quantitative estimate of drug-likeness (QED) is 0.0689. The zero-order valence-electron chi connectivity index (χ0n) is 87.3. The number of hydrogen-bond acceptors (Lipinski definition) is 18. The van der Waals surface area contributed by atoms with Crippen LogP contribution in [0.3, 0.4) is 0 Å². The van der Waals surface area contributed by atoms with Crippen molar-refractivity contribution in [1.29, 1.82) is 0 Å². The van der Waals surface area contributed by atoms with Crippen LogP contribution in [0, 0.1) is 47.3 Å². The van der Waals surface area contributed by atoms with Crippen molar-refractivity contribution < 1.29 is 92.6 Å². The van der Waals surface area contributed by atoms with Crippen LogP contribution in [-0.4, -0.2) is 203 Å². The first kappa shape index (κ1) is 114. The number of fused-ring (bicyclic) bond motifs is 9. The maximum absolute atomic E-state index is 15.1. The Labute approximate surface area is 785 Å². The second kappa shape index (κ2) is 43.7. The Balaban J connectivity index is 0.000000217. The highest BCUT2D eigenvalue weighted by Crippen LogP contribution is 2.60. The molecule has 6 unspecified atom stereocenters. The van der Waals surface area contributed by atoms with E-state index in [1.54, 1.807) is 0 Å². The van der Waals surface area contributed by atoms with Crippen molar-refractivity contribution in [3.63, 3.8) is 0 Å². The predicted molar refractivity (Wildman–Crippen MR) is 536 cm³/mol. The van der Waals surface area contributed by atoms with Gasteiger partial charge in [0.15, 0.2) is 6.17 Å². The maximum Gasteiger partial charge on any atom is 0.335 e. The van der Waals surface area contributed by atoms with Gasteiger partial charge in [-0.15, -0.1) is 0 Å². The molecule has 0 aromatic carbocycles. The molecule has 5 aliphatic carbocycles. The molecule has 127 heavy (non-hydrogen) atoms. The Kier molecular flexibility index (Phi) is 39.4. The first-order valence-corrected chi connectivity index (χ1v) is 69.8.